The molecule has 0 aromatic heterocycles. The number of hydrogen-bond donors (Lipinski definition) is 1. The van der Waals surface area contributed by atoms with Gasteiger partial charge in [0.1, 0.15) is 4.32 Å². The predicted molar refractivity (Wildman–Crippen MR) is 151 cm³/mol. The average molecular weight is 470 g/mol. The van der Waals surface area contributed by atoms with Crippen LogP contribution in [-0.2, 0) is 12.8 Å². The Balaban J connectivity index is 2.11. The second-order valence-electron chi connectivity index (χ2n) is 8.91. The fourth-order valence-electron chi connectivity index (χ4n) is 4.41. The van der Waals surface area contributed by atoms with Crippen molar-refractivity contribution < 1.29 is 0 Å². The van der Waals surface area contributed by atoms with Crippen LogP contribution in [0.2, 0.25) is 0 Å². The number of hydrogen-bond acceptors (Lipinski definition) is 1. The first-order valence-electron chi connectivity index (χ1n) is 12.9. The largest absolute Gasteiger partial charge is 0.296 e. The second kappa shape index (κ2) is 16.3. The first-order valence-corrected chi connectivity index (χ1v) is 13.7. The lowest BCUT2D eigenvalue weighted by Gasteiger charge is -2.28. The van der Waals surface area contributed by atoms with E-state index in [1.54, 1.807) is 0 Å². The van der Waals surface area contributed by atoms with Gasteiger partial charge in [0.15, 0.2) is 0 Å². The third kappa shape index (κ3) is 9.27. The van der Waals surface area contributed by atoms with Crippen LogP contribution in [0, 0.1) is 0 Å². The molecular weight excluding hydrogens is 426 g/mol. The van der Waals surface area contributed by atoms with E-state index in [9.17, 15) is 0 Å². The number of nitrogens with zero attached hydrogens (tertiary/aromatic N) is 1. The van der Waals surface area contributed by atoms with Crippen LogP contribution < -0.4 is 4.90 Å². The van der Waals surface area contributed by atoms with Crippen molar-refractivity contribution in [1.29, 1.82) is 0 Å². The van der Waals surface area contributed by atoms with Gasteiger partial charge in [0.05, 0.1) is 11.4 Å². The smallest absolute Gasteiger partial charge is 0.142 e. The molecule has 0 saturated carbocycles. The molecule has 1 nitrogen and oxygen atoms in total. The van der Waals surface area contributed by atoms with Crippen LogP contribution in [0.5, 0.6) is 0 Å². The highest BCUT2D eigenvalue weighted by Crippen LogP contribution is 2.34. The molecule has 0 N–H and O–H groups in total. The molecule has 2 aromatic carbocycles. The number of anilines is 2. The van der Waals surface area contributed by atoms with Crippen molar-refractivity contribution in [2.24, 2.45) is 0 Å². The molecule has 2 rings (SSSR count). The minimum Gasteiger partial charge on any atom is -0.296 e. The van der Waals surface area contributed by atoms with E-state index in [0.717, 1.165) is 12.8 Å². The topological polar surface area (TPSA) is 3.24 Å². The van der Waals surface area contributed by atoms with Gasteiger partial charge in [0.2, 0.25) is 0 Å². The van der Waals surface area contributed by atoms with Crippen LogP contribution in [0.25, 0.3) is 0 Å². The molecule has 0 saturated heterocycles. The Labute approximate surface area is 208 Å². The van der Waals surface area contributed by atoms with Gasteiger partial charge in [-0.3, -0.25) is 4.90 Å². The molecule has 0 spiro atoms. The van der Waals surface area contributed by atoms with Gasteiger partial charge in [0, 0.05) is 0 Å². The first kappa shape index (κ1) is 26.9. The molecular formula is C29H43NS2. The number of unbranched alkanes of at least 4 members (excludes halogenated alkanes) is 10. The number of aryl methyl sites for hydroxylation is 2. The standard InChI is InChI=1S/C29H43NS2/c1-3-5-7-9-11-13-19-25-21-15-17-23-27(25)30(29(31)32)28-24-18-16-22-26(28)20-14-12-10-8-6-4-2/h15-18,21-24H,3-14,19-20H2,1-2H3,(H,31,32). The number of para-hydroxylation sites is 2. The fourth-order valence-corrected chi connectivity index (χ4v) is 4.82. The van der Waals surface area contributed by atoms with Crippen LogP contribution in [0.3, 0.4) is 0 Å². The summed E-state index contributed by atoms with van der Waals surface area (Å²) in [7, 11) is 0. The van der Waals surface area contributed by atoms with Gasteiger partial charge in [-0.15, -0.1) is 12.6 Å². The van der Waals surface area contributed by atoms with Crippen molar-refractivity contribution in [3.63, 3.8) is 0 Å². The predicted octanol–water partition coefficient (Wildman–Crippen LogP) is 9.85. The van der Waals surface area contributed by atoms with Crippen LogP contribution >= 0.6 is 24.8 Å². The molecule has 0 aliphatic rings. The van der Waals surface area contributed by atoms with Crippen molar-refractivity contribution in [2.45, 2.75) is 104 Å². The summed E-state index contributed by atoms with van der Waals surface area (Å²) in [5.74, 6) is 0. The Bertz CT molecular complexity index is 727. The van der Waals surface area contributed by atoms with Gasteiger partial charge in [-0.25, -0.2) is 0 Å². The summed E-state index contributed by atoms with van der Waals surface area (Å²) in [6, 6.07) is 17.5. The van der Waals surface area contributed by atoms with Gasteiger partial charge in [-0.05, 0) is 48.9 Å². The van der Waals surface area contributed by atoms with Gasteiger partial charge in [-0.2, -0.15) is 0 Å². The maximum atomic E-state index is 5.66. The Morgan fingerprint density at radius 3 is 1.41 bits per heavy atom. The lowest BCUT2D eigenvalue weighted by Crippen LogP contribution is -2.22. The SMILES string of the molecule is CCCCCCCCc1ccccc1N(C(=S)S)c1ccccc1CCCCCCCC. The highest BCUT2D eigenvalue weighted by Gasteiger charge is 2.18. The number of benzene rings is 2. The third-order valence-electron chi connectivity index (χ3n) is 6.26. The number of thiocarbonyl (C=S) groups is 1. The van der Waals surface area contributed by atoms with Crippen molar-refractivity contribution in [2.75, 3.05) is 4.90 Å². The van der Waals surface area contributed by atoms with Crippen LogP contribution in [0.4, 0.5) is 11.4 Å². The Morgan fingerprint density at radius 2 is 1.00 bits per heavy atom. The molecule has 0 aliphatic carbocycles. The van der Waals surface area contributed by atoms with E-state index >= 15 is 0 Å². The zero-order valence-electron chi connectivity index (χ0n) is 20.3. The Morgan fingerprint density at radius 1 is 0.625 bits per heavy atom. The van der Waals surface area contributed by atoms with E-state index in [1.807, 2.05) is 0 Å². The quantitative estimate of drug-likeness (QED) is 0.148. The fraction of sp³-hybridized carbons (Fsp3) is 0.552. The summed E-state index contributed by atoms with van der Waals surface area (Å²) >= 11 is 10.3. The average Bonchev–Trinajstić information content (AvgIpc) is 2.80. The summed E-state index contributed by atoms with van der Waals surface area (Å²) in [5.41, 5.74) is 5.12. The normalized spacial score (nSPS) is 11.0. The molecule has 176 valence electrons. The molecule has 0 atom stereocenters. The molecule has 0 radical (unpaired) electrons. The number of thiol groups is 1. The molecule has 0 bridgehead atoms. The summed E-state index contributed by atoms with van der Waals surface area (Å²) < 4.78 is 0.621. The highest BCUT2D eigenvalue weighted by molar-refractivity contribution is 8.11. The molecule has 32 heavy (non-hydrogen) atoms. The van der Waals surface area contributed by atoms with E-state index < -0.39 is 0 Å². The van der Waals surface area contributed by atoms with Gasteiger partial charge < -0.3 is 0 Å². The van der Waals surface area contributed by atoms with Crippen molar-refractivity contribution >= 4 is 40.5 Å². The molecule has 0 unspecified atom stereocenters. The van der Waals surface area contributed by atoms with E-state index in [2.05, 4.69) is 79.9 Å². The third-order valence-corrected chi connectivity index (χ3v) is 6.64. The molecule has 0 heterocycles. The summed E-state index contributed by atoms with van der Waals surface area (Å²) in [5, 5.41) is 0. The minimum atomic E-state index is 0.621. The second-order valence-corrected chi connectivity index (χ2v) is 10.0. The van der Waals surface area contributed by atoms with E-state index in [1.165, 1.54) is 99.6 Å². The number of rotatable bonds is 16. The molecule has 0 aliphatic heterocycles. The molecule has 3 heteroatoms. The maximum absolute atomic E-state index is 5.66. The molecule has 0 fully saturated rings. The van der Waals surface area contributed by atoms with Gasteiger partial charge in [-0.1, -0.05) is 127 Å². The molecule has 2 aromatic rings. The lowest BCUT2D eigenvalue weighted by molar-refractivity contribution is 0.607. The van der Waals surface area contributed by atoms with Crippen LogP contribution in [0.1, 0.15) is 102 Å². The van der Waals surface area contributed by atoms with Gasteiger partial charge >= 0.3 is 0 Å². The van der Waals surface area contributed by atoms with Crippen LogP contribution in [-0.4, -0.2) is 4.32 Å². The van der Waals surface area contributed by atoms with Crippen LogP contribution in [0.15, 0.2) is 48.5 Å². The van der Waals surface area contributed by atoms with Crippen molar-refractivity contribution in [1.82, 2.24) is 0 Å². The highest BCUT2D eigenvalue weighted by atomic mass is 32.1. The zero-order valence-corrected chi connectivity index (χ0v) is 22.0. The lowest BCUT2D eigenvalue weighted by atomic mass is 10.0. The monoisotopic (exact) mass is 469 g/mol. The summed E-state index contributed by atoms with van der Waals surface area (Å²) in [4.78, 5) is 2.19. The summed E-state index contributed by atoms with van der Waals surface area (Å²) in [6.07, 6.45) is 17.9. The maximum Gasteiger partial charge on any atom is 0.142 e. The van der Waals surface area contributed by atoms with E-state index in [-0.39, 0.29) is 0 Å². The van der Waals surface area contributed by atoms with E-state index in [0.29, 0.717) is 4.32 Å². The van der Waals surface area contributed by atoms with Crippen molar-refractivity contribution in [3.8, 4) is 0 Å². The Hall–Kier alpha value is -1.32. The minimum absolute atomic E-state index is 0.621. The van der Waals surface area contributed by atoms with Crippen molar-refractivity contribution in [3.05, 3.63) is 59.7 Å². The van der Waals surface area contributed by atoms with E-state index in [4.69, 9.17) is 12.2 Å². The Kier molecular flexibility index (Phi) is 13.7. The molecule has 0 amide bonds. The first-order chi connectivity index (χ1) is 15.7. The summed E-state index contributed by atoms with van der Waals surface area (Å²) in [6.45, 7) is 4.55. The van der Waals surface area contributed by atoms with Gasteiger partial charge in [0.25, 0.3) is 0 Å². The zero-order chi connectivity index (χ0) is 23.0.